The average molecular weight is 296 g/mol. The molecule has 1 unspecified atom stereocenters. The summed E-state index contributed by atoms with van der Waals surface area (Å²) in [6.45, 7) is 2.68. The normalized spacial score (nSPS) is 34.4. The van der Waals surface area contributed by atoms with Gasteiger partial charge in [-0.3, -0.25) is 0 Å². The number of hydrogen-bond acceptors (Lipinski definition) is 6. The summed E-state index contributed by atoms with van der Waals surface area (Å²) in [6, 6.07) is 1.66. The van der Waals surface area contributed by atoms with Gasteiger partial charge in [-0.15, -0.1) is 0 Å². The molecule has 1 saturated heterocycles. The molecule has 8 heteroatoms. The highest BCUT2D eigenvalue weighted by molar-refractivity contribution is 5.86. The largest absolute Gasteiger partial charge is 0.391 e. The molecule has 3 rings (SSSR count). The fraction of sp³-hybridized carbons (Fsp3) is 0.538. The number of fused-ring (bicyclic) bond motifs is 1. The number of hydrogen-bond donors (Lipinski definition) is 3. The van der Waals surface area contributed by atoms with Gasteiger partial charge in [-0.25, -0.2) is 14.4 Å². The van der Waals surface area contributed by atoms with Crippen molar-refractivity contribution >= 4 is 16.9 Å². The summed E-state index contributed by atoms with van der Waals surface area (Å²) in [6.07, 6.45) is -1.71. The van der Waals surface area contributed by atoms with Crippen LogP contribution in [0.2, 0.25) is 0 Å². The second-order valence-electron chi connectivity index (χ2n) is 5.51. The molecule has 5 atom stereocenters. The second-order valence-corrected chi connectivity index (χ2v) is 5.51. The van der Waals surface area contributed by atoms with Gasteiger partial charge in [0.1, 0.15) is 30.0 Å². The minimum atomic E-state index is -2.08. The topological polar surface area (TPSA) is 106 Å². The number of halogens is 1. The molecule has 0 spiro atoms. The van der Waals surface area contributed by atoms with Crippen molar-refractivity contribution < 1.29 is 19.3 Å². The van der Waals surface area contributed by atoms with Crippen molar-refractivity contribution in [2.75, 3.05) is 5.73 Å². The van der Waals surface area contributed by atoms with Gasteiger partial charge in [0, 0.05) is 6.20 Å². The fourth-order valence-corrected chi connectivity index (χ4v) is 2.72. The molecular weight excluding hydrogens is 279 g/mol. The van der Waals surface area contributed by atoms with E-state index in [0.29, 0.717) is 11.0 Å². The van der Waals surface area contributed by atoms with Gasteiger partial charge < -0.3 is 25.3 Å². The first-order chi connectivity index (χ1) is 9.84. The van der Waals surface area contributed by atoms with Gasteiger partial charge in [-0.05, 0) is 19.9 Å². The van der Waals surface area contributed by atoms with Crippen LogP contribution in [0.3, 0.4) is 0 Å². The zero-order chi connectivity index (χ0) is 15.4. The Kier molecular flexibility index (Phi) is 3.12. The van der Waals surface area contributed by atoms with Crippen molar-refractivity contribution in [1.82, 2.24) is 14.5 Å². The maximum absolute atomic E-state index is 14.9. The lowest BCUT2D eigenvalue weighted by atomic mass is 9.96. The number of nitrogens with zero attached hydrogens (tertiary/aromatic N) is 3. The quantitative estimate of drug-likeness (QED) is 0.739. The number of aliphatic hydroxyl groups is 2. The van der Waals surface area contributed by atoms with Crippen LogP contribution < -0.4 is 5.73 Å². The number of nitrogen functional groups attached to an aromatic ring is 1. The van der Waals surface area contributed by atoms with E-state index in [1.165, 1.54) is 24.7 Å². The molecule has 0 radical (unpaired) electrons. The van der Waals surface area contributed by atoms with Crippen LogP contribution in [-0.2, 0) is 4.74 Å². The Labute approximate surface area is 120 Å². The highest BCUT2D eigenvalue weighted by atomic mass is 19.1. The molecule has 4 N–H and O–H groups in total. The molecule has 114 valence electrons. The van der Waals surface area contributed by atoms with Crippen molar-refractivity contribution in [2.24, 2.45) is 0 Å². The summed E-state index contributed by atoms with van der Waals surface area (Å²) in [5.74, 6) is 0.282. The zero-order valence-corrected chi connectivity index (χ0v) is 11.6. The van der Waals surface area contributed by atoms with Gasteiger partial charge in [0.15, 0.2) is 11.9 Å². The van der Waals surface area contributed by atoms with Gasteiger partial charge in [0.05, 0.1) is 11.5 Å². The molecule has 3 heterocycles. The van der Waals surface area contributed by atoms with Gasteiger partial charge in [-0.1, -0.05) is 0 Å². The highest BCUT2D eigenvalue weighted by Crippen LogP contribution is 2.43. The lowest BCUT2D eigenvalue weighted by Gasteiger charge is -2.25. The van der Waals surface area contributed by atoms with Crippen LogP contribution in [0.1, 0.15) is 20.1 Å². The fourth-order valence-electron chi connectivity index (χ4n) is 2.72. The molecule has 0 bridgehead atoms. The predicted octanol–water partition coefficient (Wildman–Crippen LogP) is 0.381. The standard InChI is InChI=1S/C13H17FN4O3/c1-6(19)8-9(20)13(2,14)12(21-8)18-4-3-7-10(15)16-5-17-11(7)18/h3-6,8-9,12,19-20H,1-2H3,(H2,15,16,17)/t6?,8-,9-,12-,13-/m1/s1. The monoisotopic (exact) mass is 296 g/mol. The first kappa shape index (κ1) is 14.2. The number of alkyl halides is 1. The molecule has 2 aromatic heterocycles. The van der Waals surface area contributed by atoms with Crippen LogP contribution in [0.25, 0.3) is 11.0 Å². The van der Waals surface area contributed by atoms with Crippen LogP contribution in [0.15, 0.2) is 18.6 Å². The summed E-state index contributed by atoms with van der Waals surface area (Å²) >= 11 is 0. The molecule has 1 aliphatic heterocycles. The Bertz CT molecular complexity index is 672. The molecule has 7 nitrogen and oxygen atoms in total. The Morgan fingerprint density at radius 1 is 1.52 bits per heavy atom. The maximum atomic E-state index is 14.9. The van der Waals surface area contributed by atoms with Gasteiger partial charge >= 0.3 is 0 Å². The maximum Gasteiger partial charge on any atom is 0.181 e. The molecule has 0 aliphatic carbocycles. The van der Waals surface area contributed by atoms with Crippen molar-refractivity contribution in [2.45, 2.75) is 44.1 Å². The van der Waals surface area contributed by atoms with Gasteiger partial charge in [-0.2, -0.15) is 0 Å². The van der Waals surface area contributed by atoms with E-state index in [-0.39, 0.29) is 5.82 Å². The third-order valence-corrected chi connectivity index (χ3v) is 3.93. The Balaban J connectivity index is 2.08. The molecule has 2 aromatic rings. The van der Waals surface area contributed by atoms with Crippen LogP contribution >= 0.6 is 0 Å². The molecule has 1 fully saturated rings. The Morgan fingerprint density at radius 2 is 2.24 bits per heavy atom. The van der Waals surface area contributed by atoms with Crippen molar-refractivity contribution in [3.63, 3.8) is 0 Å². The van der Waals surface area contributed by atoms with E-state index >= 15 is 0 Å². The molecule has 0 saturated carbocycles. The van der Waals surface area contributed by atoms with E-state index in [1.807, 2.05) is 0 Å². The van der Waals surface area contributed by atoms with Gasteiger partial charge in [0.2, 0.25) is 0 Å². The van der Waals surface area contributed by atoms with Crippen LogP contribution in [0.5, 0.6) is 0 Å². The summed E-state index contributed by atoms with van der Waals surface area (Å²) in [7, 11) is 0. The second kappa shape index (κ2) is 4.62. The number of ether oxygens (including phenoxy) is 1. The van der Waals surface area contributed by atoms with Gasteiger partial charge in [0.25, 0.3) is 0 Å². The molecular formula is C13H17FN4O3. The van der Waals surface area contributed by atoms with E-state index < -0.39 is 30.2 Å². The average Bonchev–Trinajstić information content (AvgIpc) is 2.92. The summed E-state index contributed by atoms with van der Waals surface area (Å²) in [5.41, 5.74) is 4.09. The zero-order valence-electron chi connectivity index (χ0n) is 11.6. The highest BCUT2D eigenvalue weighted by Gasteiger charge is 2.56. The number of nitrogens with two attached hydrogens (primary N) is 1. The lowest BCUT2D eigenvalue weighted by Crippen LogP contribution is -2.42. The van der Waals surface area contributed by atoms with Crippen LogP contribution in [0, 0.1) is 0 Å². The van der Waals surface area contributed by atoms with E-state index in [1.54, 1.807) is 12.3 Å². The molecule has 1 aliphatic rings. The smallest absolute Gasteiger partial charge is 0.181 e. The predicted molar refractivity (Wildman–Crippen MR) is 73.1 cm³/mol. The third-order valence-electron chi connectivity index (χ3n) is 3.93. The summed E-state index contributed by atoms with van der Waals surface area (Å²) in [5, 5.41) is 20.2. The summed E-state index contributed by atoms with van der Waals surface area (Å²) < 4.78 is 21.9. The Morgan fingerprint density at radius 3 is 2.86 bits per heavy atom. The summed E-state index contributed by atoms with van der Waals surface area (Å²) in [4.78, 5) is 7.96. The molecule has 21 heavy (non-hydrogen) atoms. The third kappa shape index (κ3) is 1.98. The Hall–Kier alpha value is -1.77. The molecule has 0 aromatic carbocycles. The van der Waals surface area contributed by atoms with E-state index in [4.69, 9.17) is 10.5 Å². The molecule has 0 amide bonds. The van der Waals surface area contributed by atoms with E-state index in [9.17, 15) is 14.6 Å². The minimum Gasteiger partial charge on any atom is -0.391 e. The van der Waals surface area contributed by atoms with E-state index in [2.05, 4.69) is 9.97 Å². The number of aromatic nitrogens is 3. The van der Waals surface area contributed by atoms with Crippen LogP contribution in [0.4, 0.5) is 10.2 Å². The van der Waals surface area contributed by atoms with Crippen LogP contribution in [-0.4, -0.2) is 48.7 Å². The first-order valence-corrected chi connectivity index (χ1v) is 6.61. The lowest BCUT2D eigenvalue weighted by molar-refractivity contribution is -0.0793. The van der Waals surface area contributed by atoms with Crippen molar-refractivity contribution in [3.05, 3.63) is 18.6 Å². The number of rotatable bonds is 2. The van der Waals surface area contributed by atoms with Crippen molar-refractivity contribution in [3.8, 4) is 0 Å². The SMILES string of the molecule is CC(O)[C@H]1O[C@@H](n2ccc3c(N)ncnc32)[C@](C)(F)[C@@H]1O. The van der Waals surface area contributed by atoms with E-state index in [0.717, 1.165) is 0 Å². The van der Waals surface area contributed by atoms with Crippen molar-refractivity contribution in [1.29, 1.82) is 0 Å². The number of aliphatic hydroxyl groups excluding tert-OH is 2. The first-order valence-electron chi connectivity index (χ1n) is 6.61. The minimum absolute atomic E-state index is 0.282. The number of anilines is 1.